The van der Waals surface area contributed by atoms with Gasteiger partial charge < -0.3 is 19.9 Å². The average Bonchev–Trinajstić information content (AvgIpc) is 2.54. The number of ether oxygens (including phenoxy) is 2. The van der Waals surface area contributed by atoms with Crippen molar-refractivity contribution in [1.29, 1.82) is 0 Å². The summed E-state index contributed by atoms with van der Waals surface area (Å²) in [6, 6.07) is 2.92. The van der Waals surface area contributed by atoms with E-state index in [1.807, 2.05) is 0 Å². The quantitative estimate of drug-likeness (QED) is 0.859. The minimum atomic E-state index is -0.698. The first-order valence-corrected chi connectivity index (χ1v) is 7.82. The molecule has 0 aliphatic rings. The third-order valence-electron chi connectivity index (χ3n) is 3.42. The van der Waals surface area contributed by atoms with Crippen molar-refractivity contribution in [3.63, 3.8) is 0 Å². The molecular weight excluding hydrogens is 329 g/mol. The van der Waals surface area contributed by atoms with Gasteiger partial charge in [-0.05, 0) is 32.9 Å². The molecule has 7 nitrogen and oxygen atoms in total. The summed E-state index contributed by atoms with van der Waals surface area (Å²) < 4.78 is 24.6. The molecule has 1 aromatic carbocycles. The molecule has 0 saturated carbocycles. The highest BCUT2D eigenvalue weighted by atomic mass is 19.1. The van der Waals surface area contributed by atoms with Crippen LogP contribution in [-0.2, 0) is 4.74 Å². The van der Waals surface area contributed by atoms with E-state index in [1.54, 1.807) is 26.8 Å². The molecule has 2 N–H and O–H groups in total. The molecule has 1 unspecified atom stereocenters. The van der Waals surface area contributed by atoms with Gasteiger partial charge in [0.15, 0.2) is 0 Å². The van der Waals surface area contributed by atoms with E-state index in [2.05, 4.69) is 15.3 Å². The van der Waals surface area contributed by atoms with Gasteiger partial charge in [0.1, 0.15) is 11.4 Å². The van der Waals surface area contributed by atoms with Crippen LogP contribution in [-0.4, -0.2) is 47.0 Å². The van der Waals surface area contributed by atoms with Crippen LogP contribution in [0.1, 0.15) is 32.3 Å². The Labute approximate surface area is 145 Å². The van der Waals surface area contributed by atoms with Crippen LogP contribution in [0.5, 0.6) is 6.01 Å². The van der Waals surface area contributed by atoms with Gasteiger partial charge in [0.25, 0.3) is 0 Å². The molecular formula is C17H22FN3O4. The maximum atomic E-state index is 14.4. The topological polar surface area (TPSA) is 93.6 Å². The standard InChI is InChI=1S/C17H22FN3O4/c1-17(2,3)25-16(23)20-8-11(9-22)13-12(18)6-5-10-7-19-15(24-4)21-14(10)13/h5-7,11,22H,8-9H2,1-4H3,(H,20,23). The summed E-state index contributed by atoms with van der Waals surface area (Å²) in [5.74, 6) is -1.23. The monoisotopic (exact) mass is 351 g/mol. The number of fused-ring (bicyclic) bond motifs is 1. The van der Waals surface area contributed by atoms with E-state index in [4.69, 9.17) is 9.47 Å². The van der Waals surface area contributed by atoms with E-state index in [0.29, 0.717) is 10.9 Å². The Morgan fingerprint density at radius 1 is 1.40 bits per heavy atom. The fourth-order valence-electron chi connectivity index (χ4n) is 2.34. The van der Waals surface area contributed by atoms with E-state index in [9.17, 15) is 14.3 Å². The second kappa shape index (κ2) is 7.60. The second-order valence-electron chi connectivity index (χ2n) is 6.52. The van der Waals surface area contributed by atoms with Crippen molar-refractivity contribution in [3.8, 4) is 6.01 Å². The largest absolute Gasteiger partial charge is 0.467 e. The molecule has 0 saturated heterocycles. The molecule has 0 fully saturated rings. The zero-order chi connectivity index (χ0) is 18.6. The first kappa shape index (κ1) is 18.9. The number of methoxy groups -OCH3 is 1. The van der Waals surface area contributed by atoms with E-state index in [-0.39, 0.29) is 24.7 Å². The smallest absolute Gasteiger partial charge is 0.407 e. The van der Waals surface area contributed by atoms with Crippen molar-refractivity contribution in [2.75, 3.05) is 20.3 Å². The zero-order valence-electron chi connectivity index (χ0n) is 14.7. The molecule has 1 atom stereocenters. The zero-order valence-corrected chi connectivity index (χ0v) is 14.7. The van der Waals surface area contributed by atoms with Crippen molar-refractivity contribution in [1.82, 2.24) is 15.3 Å². The van der Waals surface area contributed by atoms with E-state index in [0.717, 1.165) is 0 Å². The molecule has 2 rings (SSSR count). The summed E-state index contributed by atoms with van der Waals surface area (Å²) in [7, 11) is 1.41. The van der Waals surface area contributed by atoms with E-state index >= 15 is 0 Å². The first-order valence-electron chi connectivity index (χ1n) is 7.82. The molecule has 0 aliphatic heterocycles. The van der Waals surface area contributed by atoms with Gasteiger partial charge in [0, 0.05) is 29.6 Å². The number of rotatable bonds is 5. The number of benzene rings is 1. The van der Waals surface area contributed by atoms with Gasteiger partial charge in [-0.1, -0.05) is 0 Å². The van der Waals surface area contributed by atoms with Gasteiger partial charge in [-0.15, -0.1) is 0 Å². The summed E-state index contributed by atoms with van der Waals surface area (Å²) in [6.07, 6.45) is 0.874. The molecule has 8 heteroatoms. The van der Waals surface area contributed by atoms with Crippen LogP contribution in [0.25, 0.3) is 10.9 Å². The van der Waals surface area contributed by atoms with Crippen LogP contribution in [0.4, 0.5) is 9.18 Å². The highest BCUT2D eigenvalue weighted by Crippen LogP contribution is 2.27. The number of nitrogens with one attached hydrogen (secondary N) is 1. The van der Waals surface area contributed by atoms with Gasteiger partial charge >= 0.3 is 12.1 Å². The van der Waals surface area contributed by atoms with Crippen LogP contribution in [0, 0.1) is 5.82 Å². The van der Waals surface area contributed by atoms with Crippen LogP contribution in [0.3, 0.4) is 0 Å². The molecule has 0 bridgehead atoms. The molecule has 1 amide bonds. The summed E-state index contributed by atoms with van der Waals surface area (Å²) in [5, 5.41) is 12.9. The Morgan fingerprint density at radius 3 is 2.72 bits per heavy atom. The molecule has 0 spiro atoms. The van der Waals surface area contributed by atoms with Gasteiger partial charge in [0.05, 0.1) is 19.2 Å². The lowest BCUT2D eigenvalue weighted by molar-refractivity contribution is 0.0520. The SMILES string of the molecule is COc1ncc2ccc(F)c(C(CO)CNC(=O)OC(C)(C)C)c2n1. The van der Waals surface area contributed by atoms with Crippen molar-refractivity contribution >= 4 is 17.0 Å². The Bertz CT molecular complexity index is 761. The van der Waals surface area contributed by atoms with Crippen LogP contribution in [0.15, 0.2) is 18.3 Å². The highest BCUT2D eigenvalue weighted by molar-refractivity contribution is 5.82. The van der Waals surface area contributed by atoms with Crippen molar-refractivity contribution in [2.45, 2.75) is 32.3 Å². The fraction of sp³-hybridized carbons (Fsp3) is 0.471. The van der Waals surface area contributed by atoms with Crippen molar-refractivity contribution < 1.29 is 23.8 Å². The number of alkyl carbamates (subject to hydrolysis) is 1. The number of hydrogen-bond acceptors (Lipinski definition) is 6. The summed E-state index contributed by atoms with van der Waals surface area (Å²) in [5.41, 5.74) is -0.127. The van der Waals surface area contributed by atoms with Gasteiger partial charge in [-0.2, -0.15) is 4.98 Å². The van der Waals surface area contributed by atoms with E-state index < -0.39 is 23.4 Å². The Kier molecular flexibility index (Phi) is 5.73. The summed E-state index contributed by atoms with van der Waals surface area (Å²) >= 11 is 0. The van der Waals surface area contributed by atoms with Crippen LogP contribution in [0.2, 0.25) is 0 Å². The number of halogens is 1. The number of carbonyl (C=O) groups excluding carboxylic acids is 1. The van der Waals surface area contributed by atoms with Gasteiger partial charge in [-0.25, -0.2) is 14.2 Å². The summed E-state index contributed by atoms with van der Waals surface area (Å²) in [6.45, 7) is 4.84. The predicted octanol–water partition coefficient (Wildman–Crippen LogP) is 2.38. The maximum absolute atomic E-state index is 14.4. The Hall–Kier alpha value is -2.48. The number of nitrogens with zero attached hydrogens (tertiary/aromatic N) is 2. The number of aromatic nitrogens is 2. The fourth-order valence-corrected chi connectivity index (χ4v) is 2.34. The summed E-state index contributed by atoms with van der Waals surface area (Å²) in [4.78, 5) is 20.0. The number of aliphatic hydroxyl groups excluding tert-OH is 1. The lowest BCUT2D eigenvalue weighted by Crippen LogP contribution is -2.35. The molecule has 0 radical (unpaired) electrons. The minimum Gasteiger partial charge on any atom is -0.467 e. The average molecular weight is 351 g/mol. The predicted molar refractivity (Wildman–Crippen MR) is 90.1 cm³/mol. The highest BCUT2D eigenvalue weighted by Gasteiger charge is 2.22. The normalized spacial score (nSPS) is 12.7. The third-order valence-corrected chi connectivity index (χ3v) is 3.42. The second-order valence-corrected chi connectivity index (χ2v) is 6.52. The molecule has 0 aliphatic carbocycles. The molecule has 1 heterocycles. The number of aliphatic hydroxyl groups is 1. The number of carbonyl (C=O) groups is 1. The van der Waals surface area contributed by atoms with Gasteiger partial charge in [-0.3, -0.25) is 0 Å². The molecule has 25 heavy (non-hydrogen) atoms. The van der Waals surface area contributed by atoms with Crippen LogP contribution < -0.4 is 10.1 Å². The first-order chi connectivity index (χ1) is 11.7. The lowest BCUT2D eigenvalue weighted by atomic mass is 9.96. The Morgan fingerprint density at radius 2 is 2.12 bits per heavy atom. The third kappa shape index (κ3) is 4.76. The number of amides is 1. The van der Waals surface area contributed by atoms with Crippen molar-refractivity contribution in [2.24, 2.45) is 0 Å². The molecule has 2 aromatic rings. The maximum Gasteiger partial charge on any atom is 0.407 e. The molecule has 1 aromatic heterocycles. The lowest BCUT2D eigenvalue weighted by Gasteiger charge is -2.22. The van der Waals surface area contributed by atoms with Gasteiger partial charge in [0.2, 0.25) is 0 Å². The Balaban J connectivity index is 2.30. The number of hydrogen-bond donors (Lipinski definition) is 2. The minimum absolute atomic E-state index is 0.00619. The van der Waals surface area contributed by atoms with Crippen molar-refractivity contribution in [3.05, 3.63) is 29.7 Å². The van der Waals surface area contributed by atoms with E-state index in [1.165, 1.54) is 19.4 Å². The van der Waals surface area contributed by atoms with Crippen LogP contribution >= 0.6 is 0 Å². The molecule has 136 valence electrons.